The quantitative estimate of drug-likeness (QED) is 0.164. The molecule has 382 valence electrons. The summed E-state index contributed by atoms with van der Waals surface area (Å²) in [5.74, 6) is 0. The van der Waals surface area contributed by atoms with Crippen LogP contribution in [0.4, 0.5) is 34.1 Å². The molecule has 0 fully saturated rings. The zero-order valence-corrected chi connectivity index (χ0v) is 48.2. The van der Waals surface area contributed by atoms with E-state index in [1.807, 2.05) is 0 Å². The lowest BCUT2D eigenvalue weighted by atomic mass is 9.33. The van der Waals surface area contributed by atoms with Crippen molar-refractivity contribution >= 4 is 90.8 Å². The number of nitrogens with zero attached hydrogens (tertiary/aromatic N) is 2. The highest BCUT2D eigenvalue weighted by Crippen LogP contribution is 2.55. The van der Waals surface area contributed by atoms with Crippen molar-refractivity contribution in [3.63, 3.8) is 0 Å². The minimum atomic E-state index is -0.162. The Morgan fingerprint density at radius 1 is 0.453 bits per heavy atom. The molecule has 75 heavy (non-hydrogen) atoms. The van der Waals surface area contributed by atoms with E-state index in [0.717, 1.165) is 71.0 Å². The third-order valence-corrected chi connectivity index (χ3v) is 20.1. The third kappa shape index (κ3) is 7.19. The van der Waals surface area contributed by atoms with Crippen molar-refractivity contribution in [1.29, 1.82) is 0 Å². The van der Waals surface area contributed by atoms with Gasteiger partial charge in [-0.05, 0) is 204 Å². The van der Waals surface area contributed by atoms with Crippen LogP contribution in [0.3, 0.4) is 0 Å². The maximum atomic E-state index is 7.71. The molecule has 0 N–H and O–H groups in total. The number of anilines is 6. The van der Waals surface area contributed by atoms with Crippen molar-refractivity contribution in [2.45, 2.75) is 180 Å². The van der Waals surface area contributed by atoms with Crippen molar-refractivity contribution in [3.8, 4) is 11.1 Å². The Balaban J connectivity index is 1.19. The zero-order valence-electron chi connectivity index (χ0n) is 47.5. The summed E-state index contributed by atoms with van der Waals surface area (Å²) in [5.41, 5.74) is 25.2. The topological polar surface area (TPSA) is 19.6 Å². The first-order valence-corrected chi connectivity index (χ1v) is 28.6. The zero-order chi connectivity index (χ0) is 52.9. The van der Waals surface area contributed by atoms with E-state index in [1.165, 1.54) is 95.0 Å². The van der Waals surface area contributed by atoms with Gasteiger partial charge < -0.3 is 14.2 Å². The number of hydrogen-bond acceptors (Lipinski definition) is 3. The normalized spacial score (nSPS) is 20.0. The van der Waals surface area contributed by atoms with Gasteiger partial charge in [0.2, 0.25) is 0 Å². The Hall–Kier alpha value is -5.71. The Morgan fingerprint density at radius 2 is 0.987 bits per heavy atom. The number of benzene rings is 7. The molecular weight excluding hydrogens is 931 g/mol. The first-order chi connectivity index (χ1) is 35.2. The van der Waals surface area contributed by atoms with Crippen LogP contribution >= 0.6 is 11.6 Å². The predicted octanol–water partition coefficient (Wildman–Crippen LogP) is 18.3. The molecule has 0 spiro atoms. The third-order valence-electron chi connectivity index (χ3n) is 19.9. The first kappa shape index (κ1) is 48.9. The van der Waals surface area contributed by atoms with Crippen molar-refractivity contribution < 1.29 is 4.42 Å². The fraction of sp³-hybridized carbons (Fsp3) is 0.400. The lowest BCUT2D eigenvalue weighted by Gasteiger charge is -2.48. The Morgan fingerprint density at radius 3 is 1.60 bits per heavy atom. The number of halogens is 1. The van der Waals surface area contributed by atoms with Gasteiger partial charge in [0.15, 0.2) is 0 Å². The number of fused-ring (bicyclic) bond motifs is 11. The van der Waals surface area contributed by atoms with Crippen molar-refractivity contribution in [3.05, 3.63) is 159 Å². The van der Waals surface area contributed by atoms with Gasteiger partial charge in [-0.15, -0.1) is 0 Å². The van der Waals surface area contributed by atoms with Crippen molar-refractivity contribution in [2.24, 2.45) is 0 Å². The van der Waals surface area contributed by atoms with Gasteiger partial charge in [-0.1, -0.05) is 164 Å². The van der Waals surface area contributed by atoms with E-state index in [9.17, 15) is 0 Å². The predicted molar refractivity (Wildman–Crippen MR) is 323 cm³/mol. The van der Waals surface area contributed by atoms with Gasteiger partial charge >= 0.3 is 0 Å². The Kier molecular flexibility index (Phi) is 10.2. The molecule has 2 aliphatic heterocycles. The van der Waals surface area contributed by atoms with Crippen molar-refractivity contribution in [1.82, 2.24) is 0 Å². The second kappa shape index (κ2) is 15.7. The lowest BCUT2D eigenvalue weighted by molar-refractivity contribution is 0.332. The summed E-state index contributed by atoms with van der Waals surface area (Å²) in [6.45, 7) is 36.2. The lowest BCUT2D eigenvalue weighted by Crippen LogP contribution is -2.62. The van der Waals surface area contributed by atoms with E-state index in [1.54, 1.807) is 0 Å². The Labute approximate surface area is 453 Å². The van der Waals surface area contributed by atoms with Gasteiger partial charge in [-0.2, -0.15) is 0 Å². The molecule has 0 atom stereocenters. The second-order valence-electron chi connectivity index (χ2n) is 28.7. The molecule has 0 bridgehead atoms. The van der Waals surface area contributed by atoms with Crippen LogP contribution in [0, 0.1) is 0 Å². The molecule has 0 saturated carbocycles. The fourth-order valence-corrected chi connectivity index (χ4v) is 14.9. The minimum absolute atomic E-state index is 0.00577. The molecule has 3 heterocycles. The number of rotatable bonds is 3. The molecule has 3 aliphatic carbocycles. The standard InChI is InChI=1S/C70H76BClN2O/c1-64(2,3)42-21-25-55(46(33-42)41-19-17-16-18-20-41)74-56-26-23-45-47-37-50-53(70(14,15)32-29-67(50,8)9)40-60(47)75-63(45)62(56)71-54-38-51-52(69(12,13)31-30-68(51,10)11)39-57(54)73(58-34-43(72)35-59(74)61(58)71)44-22-24-48-49(36-44)66(6,7)28-27-65(48,4)5/h16-26,33-40H,27-32H2,1-15H3. The molecule has 0 radical (unpaired) electrons. The second-order valence-corrected chi connectivity index (χ2v) is 29.1. The van der Waals surface area contributed by atoms with Crippen LogP contribution in [0.5, 0.6) is 0 Å². The summed E-state index contributed by atoms with van der Waals surface area (Å²) in [6.07, 6.45) is 6.89. The summed E-state index contributed by atoms with van der Waals surface area (Å²) in [4.78, 5) is 5.18. The highest BCUT2D eigenvalue weighted by Gasteiger charge is 2.49. The van der Waals surface area contributed by atoms with Crippen LogP contribution in [-0.2, 0) is 37.9 Å². The van der Waals surface area contributed by atoms with E-state index in [2.05, 4.69) is 229 Å². The smallest absolute Gasteiger partial charge is 0.257 e. The molecule has 8 aromatic rings. The molecule has 7 aromatic carbocycles. The molecule has 0 saturated heterocycles. The van der Waals surface area contributed by atoms with Crippen LogP contribution in [0.1, 0.15) is 181 Å². The summed E-state index contributed by atoms with van der Waals surface area (Å²) >= 11 is 7.71. The van der Waals surface area contributed by atoms with E-state index in [4.69, 9.17) is 16.0 Å². The van der Waals surface area contributed by atoms with Gasteiger partial charge in [-0.25, -0.2) is 0 Å². The van der Waals surface area contributed by atoms with Gasteiger partial charge in [0, 0.05) is 49.8 Å². The van der Waals surface area contributed by atoms with Gasteiger partial charge in [0.1, 0.15) is 11.2 Å². The van der Waals surface area contributed by atoms with E-state index in [0.29, 0.717) is 0 Å². The summed E-state index contributed by atoms with van der Waals surface area (Å²) in [5, 5.41) is 3.10. The highest BCUT2D eigenvalue weighted by atomic mass is 35.5. The molecule has 1 aromatic heterocycles. The van der Waals surface area contributed by atoms with Gasteiger partial charge in [-0.3, -0.25) is 0 Å². The summed E-state index contributed by atoms with van der Waals surface area (Å²) in [6, 6.07) is 45.1. The van der Waals surface area contributed by atoms with Gasteiger partial charge in [0.05, 0.1) is 5.69 Å². The SMILES string of the molecule is CC(C)(C)c1ccc(N2c3cc(Cl)cc4c3B(c3cc5c(cc3N4c3ccc4c(c3)C(C)(C)CCC4(C)C)C(C)(C)CCC5(C)C)c3c2ccc2c3oc3cc4c(cc32)C(C)(C)CCC4(C)C)c(-c2ccccc2)c1. The summed E-state index contributed by atoms with van der Waals surface area (Å²) in [7, 11) is 0. The van der Waals surface area contributed by atoms with Crippen LogP contribution < -0.4 is 26.2 Å². The van der Waals surface area contributed by atoms with Gasteiger partial charge in [0.25, 0.3) is 6.71 Å². The van der Waals surface area contributed by atoms with E-state index < -0.39 is 0 Å². The maximum Gasteiger partial charge on any atom is 0.257 e. The molecule has 0 unspecified atom stereocenters. The van der Waals surface area contributed by atoms with Crippen LogP contribution in [0.25, 0.3) is 33.1 Å². The Bertz CT molecular complexity index is 3750. The molecule has 5 heteroatoms. The first-order valence-electron chi connectivity index (χ1n) is 28.2. The van der Waals surface area contributed by atoms with Crippen molar-refractivity contribution in [2.75, 3.05) is 9.80 Å². The van der Waals surface area contributed by atoms with E-state index >= 15 is 0 Å². The number of hydrogen-bond donors (Lipinski definition) is 0. The average molecular weight is 1010 g/mol. The number of furan rings is 1. The maximum absolute atomic E-state index is 7.71. The van der Waals surface area contributed by atoms with Crippen LogP contribution in [-0.4, -0.2) is 6.71 Å². The largest absolute Gasteiger partial charge is 0.457 e. The molecule has 5 aliphatic rings. The molecular formula is C70H76BClN2O. The van der Waals surface area contributed by atoms with Crippen LogP contribution in [0.2, 0.25) is 5.02 Å². The summed E-state index contributed by atoms with van der Waals surface area (Å²) < 4.78 is 7.63. The molecule has 3 nitrogen and oxygen atoms in total. The van der Waals surface area contributed by atoms with E-state index in [-0.39, 0.29) is 44.6 Å². The minimum Gasteiger partial charge on any atom is -0.457 e. The highest BCUT2D eigenvalue weighted by molar-refractivity contribution is 7.01. The fourth-order valence-electron chi connectivity index (χ4n) is 14.7. The molecule has 13 rings (SSSR count). The average Bonchev–Trinajstić information content (AvgIpc) is 3.77. The van der Waals surface area contributed by atoms with Crippen LogP contribution in [0.15, 0.2) is 120 Å². The molecule has 0 amide bonds. The monoisotopic (exact) mass is 1010 g/mol.